The minimum atomic E-state index is -1.25. The molecule has 4 rings (SSSR count). The molecule has 0 radical (unpaired) electrons. The highest BCUT2D eigenvalue weighted by Crippen LogP contribution is 2.35. The first kappa shape index (κ1) is 18.3. The molecule has 0 spiro atoms. The highest BCUT2D eigenvalue weighted by atomic mass is 32.1. The molecule has 4 heterocycles. The second-order valence-corrected chi connectivity index (χ2v) is 8.67. The highest BCUT2D eigenvalue weighted by molar-refractivity contribution is 7.15. The number of rotatable bonds is 5. The van der Waals surface area contributed by atoms with Crippen LogP contribution in [0.1, 0.15) is 41.9 Å². The Labute approximate surface area is 166 Å². The molecule has 2 N–H and O–H groups in total. The first-order chi connectivity index (χ1) is 13.0. The standard InChI is InChI=1S/C18H22N6OS2/c1-12-11-26-15(19-12)18(2,25)16-22-23-17(27-16)21-13-7-6-8-14(20-13)24-9-4-3-5-10-24/h6-8,11,25H,3-5,9-10H2,1-2H3,(H,20,21,23). The SMILES string of the molecule is Cc1csc(C(C)(O)c2nnc(Nc3cccc(N4CCCCC4)n3)s2)n1. The lowest BCUT2D eigenvalue weighted by Gasteiger charge is -2.27. The first-order valence-corrected chi connectivity index (χ1v) is 10.7. The van der Waals surface area contributed by atoms with Gasteiger partial charge in [0, 0.05) is 24.2 Å². The number of piperidine rings is 1. The van der Waals surface area contributed by atoms with Crippen LogP contribution in [0.25, 0.3) is 0 Å². The van der Waals surface area contributed by atoms with E-state index in [1.54, 1.807) is 6.92 Å². The minimum Gasteiger partial charge on any atom is -0.376 e. The molecule has 3 aromatic heterocycles. The van der Waals surface area contributed by atoms with Crippen molar-refractivity contribution in [3.8, 4) is 0 Å². The summed E-state index contributed by atoms with van der Waals surface area (Å²) in [6, 6.07) is 5.95. The summed E-state index contributed by atoms with van der Waals surface area (Å²) in [5, 5.41) is 26.1. The van der Waals surface area contributed by atoms with Crippen molar-refractivity contribution in [1.29, 1.82) is 0 Å². The van der Waals surface area contributed by atoms with Crippen LogP contribution >= 0.6 is 22.7 Å². The van der Waals surface area contributed by atoms with Crippen LogP contribution in [0.2, 0.25) is 0 Å². The van der Waals surface area contributed by atoms with Gasteiger partial charge in [-0.2, -0.15) is 0 Å². The molecule has 1 atom stereocenters. The van der Waals surface area contributed by atoms with Crippen LogP contribution < -0.4 is 10.2 Å². The van der Waals surface area contributed by atoms with E-state index in [1.165, 1.54) is 41.9 Å². The molecule has 0 amide bonds. The summed E-state index contributed by atoms with van der Waals surface area (Å²) in [6.45, 7) is 5.71. The number of aryl methyl sites for hydroxylation is 1. The van der Waals surface area contributed by atoms with E-state index in [0.717, 1.165) is 30.4 Å². The largest absolute Gasteiger partial charge is 0.376 e. The Morgan fingerprint density at radius 2 is 1.93 bits per heavy atom. The third-order valence-corrected chi connectivity index (χ3v) is 6.75. The van der Waals surface area contributed by atoms with Crippen LogP contribution in [0.3, 0.4) is 0 Å². The number of anilines is 3. The van der Waals surface area contributed by atoms with E-state index in [1.807, 2.05) is 30.5 Å². The van der Waals surface area contributed by atoms with Gasteiger partial charge < -0.3 is 15.3 Å². The number of pyridine rings is 1. The van der Waals surface area contributed by atoms with E-state index in [-0.39, 0.29) is 0 Å². The Balaban J connectivity index is 1.51. The van der Waals surface area contributed by atoms with Crippen molar-refractivity contribution in [3.63, 3.8) is 0 Å². The molecular weight excluding hydrogens is 380 g/mol. The monoisotopic (exact) mass is 402 g/mol. The molecule has 0 aromatic carbocycles. The van der Waals surface area contributed by atoms with Gasteiger partial charge in [0.25, 0.3) is 0 Å². The molecule has 1 fully saturated rings. The number of hydrogen-bond acceptors (Lipinski definition) is 9. The normalized spacial score (nSPS) is 16.9. The van der Waals surface area contributed by atoms with Crippen molar-refractivity contribution < 1.29 is 5.11 Å². The fourth-order valence-corrected chi connectivity index (χ4v) is 4.76. The van der Waals surface area contributed by atoms with E-state index in [2.05, 4.69) is 25.4 Å². The molecule has 0 saturated carbocycles. The fourth-order valence-electron chi connectivity index (χ4n) is 3.04. The van der Waals surface area contributed by atoms with Crippen molar-refractivity contribution in [2.45, 2.75) is 38.7 Å². The summed E-state index contributed by atoms with van der Waals surface area (Å²) in [5.74, 6) is 1.71. The highest BCUT2D eigenvalue weighted by Gasteiger charge is 2.33. The predicted molar refractivity (Wildman–Crippen MR) is 109 cm³/mol. The molecule has 0 bridgehead atoms. The van der Waals surface area contributed by atoms with E-state index < -0.39 is 5.60 Å². The van der Waals surface area contributed by atoms with Gasteiger partial charge in [-0.25, -0.2) is 9.97 Å². The van der Waals surface area contributed by atoms with Crippen LogP contribution in [0.4, 0.5) is 16.8 Å². The Hall–Kier alpha value is -2.10. The maximum atomic E-state index is 10.9. The zero-order valence-electron chi connectivity index (χ0n) is 15.3. The van der Waals surface area contributed by atoms with E-state index in [4.69, 9.17) is 4.98 Å². The van der Waals surface area contributed by atoms with E-state index >= 15 is 0 Å². The molecular formula is C18H22N6OS2. The summed E-state index contributed by atoms with van der Waals surface area (Å²) in [6.07, 6.45) is 3.72. The Bertz CT molecular complexity index is 916. The molecule has 27 heavy (non-hydrogen) atoms. The molecule has 1 unspecified atom stereocenters. The van der Waals surface area contributed by atoms with Crippen LogP contribution in [-0.2, 0) is 5.60 Å². The fraction of sp³-hybridized carbons (Fsp3) is 0.444. The van der Waals surface area contributed by atoms with Gasteiger partial charge in [-0.1, -0.05) is 17.4 Å². The van der Waals surface area contributed by atoms with Crippen LogP contribution in [-0.4, -0.2) is 38.4 Å². The quantitative estimate of drug-likeness (QED) is 0.673. The van der Waals surface area contributed by atoms with Gasteiger partial charge >= 0.3 is 0 Å². The maximum Gasteiger partial charge on any atom is 0.211 e. The minimum absolute atomic E-state index is 0.506. The number of nitrogens with zero attached hydrogens (tertiary/aromatic N) is 5. The summed E-state index contributed by atoms with van der Waals surface area (Å²) >= 11 is 2.73. The summed E-state index contributed by atoms with van der Waals surface area (Å²) < 4.78 is 0. The number of aliphatic hydroxyl groups is 1. The third kappa shape index (κ3) is 3.95. The smallest absolute Gasteiger partial charge is 0.211 e. The number of hydrogen-bond donors (Lipinski definition) is 2. The molecule has 0 aliphatic carbocycles. The predicted octanol–water partition coefficient (Wildman–Crippen LogP) is 3.69. The van der Waals surface area contributed by atoms with Gasteiger partial charge in [-0.3, -0.25) is 0 Å². The third-order valence-electron chi connectivity index (χ3n) is 4.53. The molecule has 142 valence electrons. The molecule has 1 aliphatic rings. The Morgan fingerprint density at radius 3 is 2.67 bits per heavy atom. The average Bonchev–Trinajstić information content (AvgIpc) is 3.33. The van der Waals surface area contributed by atoms with Gasteiger partial charge in [0.15, 0.2) is 10.6 Å². The molecule has 7 nitrogen and oxygen atoms in total. The van der Waals surface area contributed by atoms with Crippen LogP contribution in [0, 0.1) is 6.92 Å². The average molecular weight is 403 g/mol. The maximum absolute atomic E-state index is 10.9. The van der Waals surface area contributed by atoms with Gasteiger partial charge in [0.2, 0.25) is 5.13 Å². The second kappa shape index (κ2) is 7.49. The zero-order chi connectivity index (χ0) is 18.9. The van der Waals surface area contributed by atoms with Crippen molar-refractivity contribution in [1.82, 2.24) is 20.2 Å². The van der Waals surface area contributed by atoms with Gasteiger partial charge in [0.05, 0.1) is 0 Å². The number of nitrogens with one attached hydrogen (secondary N) is 1. The lowest BCUT2D eigenvalue weighted by Crippen LogP contribution is -2.30. The summed E-state index contributed by atoms with van der Waals surface area (Å²) in [4.78, 5) is 11.4. The van der Waals surface area contributed by atoms with Gasteiger partial charge in [-0.15, -0.1) is 21.5 Å². The van der Waals surface area contributed by atoms with Crippen molar-refractivity contribution in [2.75, 3.05) is 23.3 Å². The number of thiazole rings is 1. The number of aromatic nitrogens is 4. The zero-order valence-corrected chi connectivity index (χ0v) is 17.0. The topological polar surface area (TPSA) is 87.1 Å². The lowest BCUT2D eigenvalue weighted by atomic mass is 10.1. The molecule has 1 aliphatic heterocycles. The second-order valence-electron chi connectivity index (χ2n) is 6.83. The Kier molecular flexibility index (Phi) is 5.07. The van der Waals surface area contributed by atoms with Crippen LogP contribution in [0.15, 0.2) is 23.6 Å². The molecule has 1 saturated heterocycles. The van der Waals surface area contributed by atoms with Crippen LogP contribution in [0.5, 0.6) is 0 Å². The van der Waals surface area contributed by atoms with Crippen molar-refractivity contribution in [2.24, 2.45) is 0 Å². The van der Waals surface area contributed by atoms with Crippen molar-refractivity contribution in [3.05, 3.63) is 39.3 Å². The summed E-state index contributed by atoms with van der Waals surface area (Å²) in [5.41, 5.74) is -0.364. The van der Waals surface area contributed by atoms with Crippen molar-refractivity contribution >= 4 is 39.4 Å². The molecule has 9 heteroatoms. The van der Waals surface area contributed by atoms with E-state index in [9.17, 15) is 5.11 Å². The van der Waals surface area contributed by atoms with Gasteiger partial charge in [-0.05, 0) is 45.2 Å². The Morgan fingerprint density at radius 1 is 1.11 bits per heavy atom. The lowest BCUT2D eigenvalue weighted by molar-refractivity contribution is 0.101. The first-order valence-electron chi connectivity index (χ1n) is 9.00. The van der Waals surface area contributed by atoms with Gasteiger partial charge in [0.1, 0.15) is 16.6 Å². The molecule has 3 aromatic rings. The van der Waals surface area contributed by atoms with E-state index in [0.29, 0.717) is 15.1 Å². The summed E-state index contributed by atoms with van der Waals surface area (Å²) in [7, 11) is 0.